The molecule has 0 fully saturated rings. The summed E-state index contributed by atoms with van der Waals surface area (Å²) in [6.07, 6.45) is 1.16. The largest absolute Gasteiger partial charge is 0.481 e. The molecule has 51 heavy (non-hydrogen) atoms. The van der Waals surface area contributed by atoms with Crippen LogP contribution >= 0.6 is 0 Å². The molecule has 2 amide bonds. The minimum Gasteiger partial charge on any atom is -0.481 e. The van der Waals surface area contributed by atoms with Crippen LogP contribution in [0, 0.1) is 5.41 Å². The van der Waals surface area contributed by atoms with Gasteiger partial charge >= 0.3 is 6.09 Å². The SMILES string of the molecule is CC(C)NCC(C)(C)CO[Si](C)(C)C(C)(C)C.CCC(C)(CN(C(=O)c1occc(=O)c1OCc1ccccc1)C(C)C)NC(=O)OC(C)(C)C. The first-order valence-electron chi connectivity index (χ1n) is 18.2. The summed E-state index contributed by atoms with van der Waals surface area (Å²) in [5.74, 6) is -0.811. The van der Waals surface area contributed by atoms with E-state index in [0.29, 0.717) is 17.5 Å². The van der Waals surface area contributed by atoms with Crippen LogP contribution < -0.4 is 20.8 Å². The van der Waals surface area contributed by atoms with Crippen molar-refractivity contribution in [3.8, 4) is 5.75 Å². The van der Waals surface area contributed by atoms with Crippen molar-refractivity contribution in [1.82, 2.24) is 15.5 Å². The van der Waals surface area contributed by atoms with Crippen molar-refractivity contribution in [2.75, 3.05) is 19.7 Å². The van der Waals surface area contributed by atoms with Gasteiger partial charge in [-0.1, -0.05) is 85.7 Å². The minimum atomic E-state index is -1.60. The van der Waals surface area contributed by atoms with Crippen molar-refractivity contribution < 1.29 is 27.9 Å². The number of benzene rings is 1. The molecule has 0 bridgehead atoms. The molecule has 290 valence electrons. The van der Waals surface area contributed by atoms with Crippen LogP contribution in [0.5, 0.6) is 5.75 Å². The summed E-state index contributed by atoms with van der Waals surface area (Å²) in [6.45, 7) is 35.4. The second-order valence-electron chi connectivity index (χ2n) is 17.5. The highest BCUT2D eigenvalue weighted by Gasteiger charge is 2.38. The van der Waals surface area contributed by atoms with Crippen LogP contribution in [0.15, 0.2) is 51.9 Å². The molecule has 11 heteroatoms. The third kappa shape index (κ3) is 16.4. The first-order chi connectivity index (χ1) is 23.2. The number of alkyl carbamates (subject to hydrolysis) is 1. The monoisotopic (exact) mass is 731 g/mol. The predicted octanol–water partition coefficient (Wildman–Crippen LogP) is 8.80. The maximum atomic E-state index is 13.5. The van der Waals surface area contributed by atoms with Crippen molar-refractivity contribution in [3.05, 3.63) is 64.2 Å². The van der Waals surface area contributed by atoms with E-state index in [2.05, 4.69) is 72.2 Å². The number of hydrogen-bond donors (Lipinski definition) is 2. The molecular formula is C40H69N3O7Si. The van der Waals surface area contributed by atoms with E-state index in [1.807, 2.05) is 58.0 Å². The van der Waals surface area contributed by atoms with Gasteiger partial charge < -0.3 is 33.9 Å². The second-order valence-corrected chi connectivity index (χ2v) is 22.3. The van der Waals surface area contributed by atoms with E-state index in [1.165, 1.54) is 12.3 Å². The van der Waals surface area contributed by atoms with Crippen LogP contribution in [0.4, 0.5) is 4.79 Å². The standard InChI is InChI=1S/C26H36N2O6.C14H33NOSi/c1-8-26(7,27-24(31)34-25(4,5)6)17-28(18(2)3)23(30)22-21(20(29)14-15-32-22)33-16-19-12-10-9-11-13-19;1-12(2)15-10-14(6,7)11-16-17(8,9)13(3,4)5/h9-15,18H,8,16-17H2,1-7H3,(H,27,31);12,15H,10-11H2,1-9H3. The maximum Gasteiger partial charge on any atom is 0.408 e. The summed E-state index contributed by atoms with van der Waals surface area (Å²) in [7, 11) is -1.60. The molecule has 1 aromatic heterocycles. The zero-order valence-corrected chi connectivity index (χ0v) is 35.5. The summed E-state index contributed by atoms with van der Waals surface area (Å²) in [5.41, 5.74) is -0.809. The van der Waals surface area contributed by atoms with Crippen molar-refractivity contribution >= 4 is 20.3 Å². The van der Waals surface area contributed by atoms with Gasteiger partial charge in [0.15, 0.2) is 8.32 Å². The molecule has 10 nitrogen and oxygen atoms in total. The molecule has 2 rings (SSSR count). The Labute approximate surface area is 309 Å². The number of ether oxygens (including phenoxy) is 2. The third-order valence-electron chi connectivity index (χ3n) is 8.86. The first kappa shape index (κ1) is 45.9. The molecule has 2 aromatic rings. The Morgan fingerprint density at radius 2 is 1.51 bits per heavy atom. The normalized spacial score (nSPS) is 13.6. The van der Waals surface area contributed by atoms with Gasteiger partial charge in [-0.25, -0.2) is 4.79 Å². The highest BCUT2D eigenvalue weighted by atomic mass is 28.4. The number of carbonyl (C=O) groups is 2. The Kier molecular flexibility index (Phi) is 17.2. The number of carbonyl (C=O) groups excluding carboxylic acids is 2. The molecule has 0 radical (unpaired) electrons. The molecule has 0 aliphatic carbocycles. The number of rotatable bonds is 15. The van der Waals surface area contributed by atoms with Gasteiger partial charge in [0, 0.05) is 37.8 Å². The molecule has 0 aliphatic rings. The van der Waals surface area contributed by atoms with Crippen LogP contribution in [-0.4, -0.2) is 68.1 Å². The van der Waals surface area contributed by atoms with E-state index >= 15 is 0 Å². The molecule has 1 atom stereocenters. The van der Waals surface area contributed by atoms with Gasteiger partial charge in [0.25, 0.3) is 5.91 Å². The van der Waals surface area contributed by atoms with E-state index in [1.54, 1.807) is 25.7 Å². The summed E-state index contributed by atoms with van der Waals surface area (Å²) in [5, 5.41) is 6.68. The topological polar surface area (TPSA) is 119 Å². The number of hydrogen-bond acceptors (Lipinski definition) is 8. The van der Waals surface area contributed by atoms with Gasteiger partial charge in [-0.2, -0.15) is 0 Å². The Morgan fingerprint density at radius 3 is 2.00 bits per heavy atom. The van der Waals surface area contributed by atoms with Crippen molar-refractivity contribution in [2.24, 2.45) is 5.41 Å². The molecule has 1 heterocycles. The molecule has 0 spiro atoms. The van der Waals surface area contributed by atoms with Crippen molar-refractivity contribution in [3.63, 3.8) is 0 Å². The van der Waals surface area contributed by atoms with Gasteiger partial charge in [-0.15, -0.1) is 0 Å². The van der Waals surface area contributed by atoms with E-state index in [0.717, 1.165) is 18.7 Å². The quantitative estimate of drug-likeness (QED) is 0.175. The Hall–Kier alpha value is -3.15. The predicted molar refractivity (Wildman–Crippen MR) is 210 cm³/mol. The van der Waals surface area contributed by atoms with Gasteiger partial charge in [0.1, 0.15) is 12.2 Å². The lowest BCUT2D eigenvalue weighted by atomic mass is 9.95. The van der Waals surface area contributed by atoms with Crippen LogP contribution in [0.2, 0.25) is 18.1 Å². The zero-order chi connectivity index (χ0) is 39.4. The lowest BCUT2D eigenvalue weighted by molar-refractivity contribution is 0.0385. The van der Waals surface area contributed by atoms with E-state index in [-0.39, 0.29) is 36.1 Å². The van der Waals surface area contributed by atoms with Gasteiger partial charge in [0.2, 0.25) is 16.9 Å². The summed E-state index contributed by atoms with van der Waals surface area (Å²) in [4.78, 5) is 40.1. The van der Waals surface area contributed by atoms with E-state index in [4.69, 9.17) is 18.3 Å². The Morgan fingerprint density at radius 1 is 0.922 bits per heavy atom. The fourth-order valence-corrected chi connectivity index (χ4v) is 5.51. The Balaban J connectivity index is 0.000000645. The van der Waals surface area contributed by atoms with Crippen LogP contribution in [-0.2, 0) is 15.8 Å². The Bertz CT molecular complexity index is 1430. The van der Waals surface area contributed by atoms with Crippen LogP contribution in [0.25, 0.3) is 0 Å². The zero-order valence-electron chi connectivity index (χ0n) is 34.5. The second kappa shape index (κ2) is 19.1. The highest BCUT2D eigenvalue weighted by Crippen LogP contribution is 2.37. The van der Waals surface area contributed by atoms with Gasteiger partial charge in [-0.05, 0) is 77.1 Å². The lowest BCUT2D eigenvalue weighted by Crippen LogP contribution is -2.56. The molecule has 0 saturated heterocycles. The average molecular weight is 732 g/mol. The first-order valence-corrected chi connectivity index (χ1v) is 21.1. The number of nitrogens with one attached hydrogen (secondary N) is 2. The minimum absolute atomic E-state index is 0.116. The molecular weight excluding hydrogens is 663 g/mol. The molecule has 0 saturated carbocycles. The van der Waals surface area contributed by atoms with E-state index in [9.17, 15) is 14.4 Å². The van der Waals surface area contributed by atoms with Gasteiger partial charge in [-0.3, -0.25) is 9.59 Å². The summed E-state index contributed by atoms with van der Waals surface area (Å²) < 4.78 is 22.9. The summed E-state index contributed by atoms with van der Waals surface area (Å²) in [6, 6.07) is 10.9. The van der Waals surface area contributed by atoms with E-state index < -0.39 is 36.9 Å². The highest BCUT2D eigenvalue weighted by molar-refractivity contribution is 6.74. The maximum absolute atomic E-state index is 13.5. The number of nitrogens with zero attached hydrogens (tertiary/aromatic N) is 1. The summed E-state index contributed by atoms with van der Waals surface area (Å²) >= 11 is 0. The number of amides is 2. The smallest absolute Gasteiger partial charge is 0.408 e. The molecule has 1 aromatic carbocycles. The molecule has 2 N–H and O–H groups in total. The average Bonchev–Trinajstić information content (AvgIpc) is 3.00. The van der Waals surface area contributed by atoms with Crippen LogP contribution in [0.1, 0.15) is 119 Å². The van der Waals surface area contributed by atoms with Crippen molar-refractivity contribution in [1.29, 1.82) is 0 Å². The van der Waals surface area contributed by atoms with Gasteiger partial charge in [0.05, 0.1) is 11.8 Å². The lowest BCUT2D eigenvalue weighted by Gasteiger charge is -2.39. The molecule has 0 aliphatic heterocycles. The fraction of sp³-hybridized carbons (Fsp3) is 0.675. The van der Waals surface area contributed by atoms with Crippen molar-refractivity contribution in [2.45, 2.75) is 151 Å². The van der Waals surface area contributed by atoms with Crippen LogP contribution in [0.3, 0.4) is 0 Å². The fourth-order valence-electron chi connectivity index (χ4n) is 4.33. The third-order valence-corrected chi connectivity index (χ3v) is 13.3. The molecule has 1 unspecified atom stereocenters.